The molecule has 8 heteroatoms. The quantitative estimate of drug-likeness (QED) is 0.222. The van der Waals surface area contributed by atoms with E-state index in [9.17, 15) is 21.6 Å². The summed E-state index contributed by atoms with van der Waals surface area (Å²) < 4.78 is 69.5. The van der Waals surface area contributed by atoms with Gasteiger partial charge in [0.15, 0.2) is 9.84 Å². The lowest BCUT2D eigenvalue weighted by Crippen LogP contribution is -2.49. The Hall–Kier alpha value is -2.61. The summed E-state index contributed by atoms with van der Waals surface area (Å²) in [6, 6.07) is 21.6. The van der Waals surface area contributed by atoms with Crippen LogP contribution in [0.25, 0.3) is 16.8 Å². The van der Waals surface area contributed by atoms with Crippen molar-refractivity contribution in [2.75, 3.05) is 0 Å². The van der Waals surface area contributed by atoms with Gasteiger partial charge in [0.2, 0.25) is 0 Å². The molecule has 0 spiro atoms. The first-order chi connectivity index (χ1) is 18.9. The summed E-state index contributed by atoms with van der Waals surface area (Å²) in [5.74, 6) is -0.746. The molecule has 4 unspecified atom stereocenters. The first-order valence-electron chi connectivity index (χ1n) is 13.0. The van der Waals surface area contributed by atoms with Gasteiger partial charge >= 0.3 is 6.18 Å². The van der Waals surface area contributed by atoms with Crippen LogP contribution in [0.15, 0.2) is 94.3 Å². The molecule has 40 heavy (non-hydrogen) atoms. The third-order valence-corrected chi connectivity index (χ3v) is 12.1. The van der Waals surface area contributed by atoms with Crippen LogP contribution in [0, 0.1) is 5.92 Å². The molecule has 0 heterocycles. The van der Waals surface area contributed by atoms with E-state index in [1.54, 1.807) is 19.1 Å². The van der Waals surface area contributed by atoms with E-state index in [2.05, 4.69) is 28.1 Å². The summed E-state index contributed by atoms with van der Waals surface area (Å²) in [6.45, 7) is 1.72. The zero-order valence-corrected chi connectivity index (χ0v) is 24.6. The van der Waals surface area contributed by atoms with Gasteiger partial charge in [0, 0.05) is 15.4 Å². The Bertz CT molecular complexity index is 1780. The number of hydrogen-bond donors (Lipinski definition) is 0. The summed E-state index contributed by atoms with van der Waals surface area (Å²) in [6.07, 6.45) is 0.455. The zero-order chi connectivity index (χ0) is 28.4. The fourth-order valence-electron chi connectivity index (χ4n) is 6.81. The summed E-state index contributed by atoms with van der Waals surface area (Å²) in [5, 5.41) is 2.63. The topological polar surface area (TPSA) is 34.1 Å². The summed E-state index contributed by atoms with van der Waals surface area (Å²) in [5.41, 5.74) is 1.84. The van der Waals surface area contributed by atoms with E-state index >= 15 is 0 Å². The van der Waals surface area contributed by atoms with Crippen molar-refractivity contribution in [3.05, 3.63) is 117 Å². The molecule has 4 atom stereocenters. The second-order valence-electron chi connectivity index (χ2n) is 10.9. The number of allylic oxidation sites excluding steroid dienone is 1. The predicted octanol–water partition coefficient (Wildman–Crippen LogP) is 9.81. The third-order valence-electron chi connectivity index (χ3n) is 8.63. The molecule has 0 radical (unpaired) electrons. The number of halogens is 5. The normalized spacial score (nSPS) is 24.5. The fraction of sp³-hybridized carbons (Fsp3) is 0.250. The van der Waals surface area contributed by atoms with Crippen LogP contribution in [0.2, 0.25) is 5.02 Å². The average molecular weight is 646 g/mol. The Kier molecular flexibility index (Phi) is 6.71. The second kappa shape index (κ2) is 9.74. The van der Waals surface area contributed by atoms with E-state index in [1.165, 1.54) is 12.1 Å². The van der Waals surface area contributed by atoms with Crippen molar-refractivity contribution in [1.29, 1.82) is 0 Å². The molecule has 0 amide bonds. The SMILES string of the molecule is CC1(S(=O)(=O)c2cccc(C(F)(F)F)c2)CC(c2ccc(Cl)cc2Br)CC2C=Cc3c(ccc4ccccc34)C21. The molecule has 0 N–H and O–H groups in total. The third kappa shape index (κ3) is 4.41. The maximum Gasteiger partial charge on any atom is 0.416 e. The highest BCUT2D eigenvalue weighted by Gasteiger charge is 2.55. The lowest BCUT2D eigenvalue weighted by Gasteiger charge is -2.50. The summed E-state index contributed by atoms with van der Waals surface area (Å²) in [7, 11) is -4.25. The van der Waals surface area contributed by atoms with Crippen LogP contribution in [0.4, 0.5) is 13.2 Å². The Morgan fingerprint density at radius 1 is 0.950 bits per heavy atom. The van der Waals surface area contributed by atoms with Gasteiger partial charge in [0.25, 0.3) is 0 Å². The van der Waals surface area contributed by atoms with Crippen molar-refractivity contribution in [2.24, 2.45) is 5.92 Å². The molecular weight excluding hydrogens is 621 g/mol. The monoisotopic (exact) mass is 644 g/mol. The van der Waals surface area contributed by atoms with Crippen molar-refractivity contribution in [1.82, 2.24) is 0 Å². The van der Waals surface area contributed by atoms with Crippen LogP contribution in [-0.4, -0.2) is 13.2 Å². The van der Waals surface area contributed by atoms with Gasteiger partial charge in [0.1, 0.15) is 0 Å². The zero-order valence-electron chi connectivity index (χ0n) is 21.4. The minimum Gasteiger partial charge on any atom is -0.223 e. The first-order valence-corrected chi connectivity index (χ1v) is 15.6. The van der Waals surface area contributed by atoms with Gasteiger partial charge in [-0.2, -0.15) is 13.2 Å². The minimum absolute atomic E-state index is 0.138. The van der Waals surface area contributed by atoms with Crippen molar-refractivity contribution in [3.63, 3.8) is 0 Å². The minimum atomic E-state index is -4.66. The first kappa shape index (κ1) is 27.6. The van der Waals surface area contributed by atoms with Crippen molar-refractivity contribution >= 4 is 54.2 Å². The molecular formula is C32H25BrClF3O2S. The predicted molar refractivity (Wildman–Crippen MR) is 157 cm³/mol. The molecule has 0 aliphatic heterocycles. The molecule has 0 aromatic heterocycles. The Morgan fingerprint density at radius 3 is 2.45 bits per heavy atom. The van der Waals surface area contributed by atoms with Crippen LogP contribution in [0.5, 0.6) is 0 Å². The fourth-order valence-corrected chi connectivity index (χ4v) is 9.95. The summed E-state index contributed by atoms with van der Waals surface area (Å²) in [4.78, 5) is -0.309. The molecule has 1 fully saturated rings. The number of fused-ring (bicyclic) bond motifs is 5. The highest BCUT2D eigenvalue weighted by atomic mass is 79.9. The maximum absolute atomic E-state index is 14.6. The maximum atomic E-state index is 14.6. The van der Waals surface area contributed by atoms with Gasteiger partial charge in [-0.15, -0.1) is 0 Å². The van der Waals surface area contributed by atoms with E-state index in [0.29, 0.717) is 11.4 Å². The molecule has 4 aromatic rings. The Balaban J connectivity index is 1.57. The van der Waals surface area contributed by atoms with Crippen molar-refractivity contribution < 1.29 is 21.6 Å². The van der Waals surface area contributed by atoms with Crippen LogP contribution in [0.1, 0.15) is 53.9 Å². The number of hydrogen-bond acceptors (Lipinski definition) is 2. The van der Waals surface area contributed by atoms with E-state index < -0.39 is 32.2 Å². The molecule has 0 bridgehead atoms. The van der Waals surface area contributed by atoms with Crippen LogP contribution in [0.3, 0.4) is 0 Å². The van der Waals surface area contributed by atoms with E-state index in [4.69, 9.17) is 11.6 Å². The number of sulfone groups is 1. The highest BCUT2D eigenvalue weighted by Crippen LogP contribution is 2.58. The number of rotatable bonds is 3. The van der Waals surface area contributed by atoms with Gasteiger partial charge < -0.3 is 0 Å². The molecule has 6 rings (SSSR count). The number of benzene rings is 4. The largest absolute Gasteiger partial charge is 0.416 e. The molecule has 0 saturated heterocycles. The average Bonchev–Trinajstić information content (AvgIpc) is 2.92. The van der Waals surface area contributed by atoms with Gasteiger partial charge in [-0.1, -0.05) is 88.2 Å². The van der Waals surface area contributed by atoms with Crippen LogP contribution in [-0.2, 0) is 16.0 Å². The van der Waals surface area contributed by atoms with E-state index in [1.807, 2.05) is 42.5 Å². The van der Waals surface area contributed by atoms with Crippen molar-refractivity contribution in [2.45, 2.75) is 47.4 Å². The molecule has 2 nitrogen and oxygen atoms in total. The van der Waals surface area contributed by atoms with Crippen molar-refractivity contribution in [3.8, 4) is 0 Å². The lowest BCUT2D eigenvalue weighted by molar-refractivity contribution is -0.137. The second-order valence-corrected chi connectivity index (χ2v) is 14.6. The summed E-state index contributed by atoms with van der Waals surface area (Å²) >= 11 is 9.81. The van der Waals surface area contributed by atoms with Crippen LogP contribution >= 0.6 is 27.5 Å². The molecule has 4 aromatic carbocycles. The molecule has 2 aliphatic rings. The van der Waals surface area contributed by atoms with Crippen LogP contribution < -0.4 is 0 Å². The molecule has 206 valence electrons. The molecule has 2 aliphatic carbocycles. The van der Waals surface area contributed by atoms with Gasteiger partial charge in [0.05, 0.1) is 15.2 Å². The van der Waals surface area contributed by atoms with E-state index in [-0.39, 0.29) is 23.2 Å². The smallest absolute Gasteiger partial charge is 0.223 e. The Morgan fingerprint density at radius 2 is 1.70 bits per heavy atom. The number of alkyl halides is 3. The standard InChI is InChI=1S/C32H25BrClF3O2S/c1-31(40(38,39)24-7-4-6-22(16-24)32(35,36)37)18-21(26-14-11-23(34)17-29(26)33)15-20-10-12-27-25-8-3-2-5-19(25)9-13-28(27)30(20)31/h2-14,16-17,20-21,30H,15,18H2,1H3. The van der Waals surface area contributed by atoms with Gasteiger partial charge in [-0.3, -0.25) is 0 Å². The van der Waals surface area contributed by atoms with Gasteiger partial charge in [-0.05, 0) is 89.4 Å². The molecule has 1 saturated carbocycles. The van der Waals surface area contributed by atoms with Gasteiger partial charge in [-0.25, -0.2) is 8.42 Å². The Labute approximate surface area is 244 Å². The van der Waals surface area contributed by atoms with E-state index in [0.717, 1.165) is 44.1 Å². The lowest BCUT2D eigenvalue weighted by atomic mass is 9.61. The highest BCUT2D eigenvalue weighted by molar-refractivity contribution is 9.10.